The van der Waals surface area contributed by atoms with E-state index in [1.807, 2.05) is 11.9 Å². The Hall–Kier alpha value is -0.120. The van der Waals surface area contributed by atoms with Crippen LogP contribution in [0.4, 0.5) is 0 Å². The Morgan fingerprint density at radius 3 is 2.11 bits per heavy atom. The molecule has 3 nitrogen and oxygen atoms in total. The van der Waals surface area contributed by atoms with Crippen molar-refractivity contribution in [1.29, 1.82) is 0 Å². The van der Waals surface area contributed by atoms with E-state index in [0.29, 0.717) is 6.61 Å². The zero-order valence-corrected chi connectivity index (χ0v) is 6.48. The summed E-state index contributed by atoms with van der Waals surface area (Å²) in [5.41, 5.74) is 2.80. The number of hydrogen-bond donors (Lipinski definition) is 1. The second kappa shape index (κ2) is 6.01. The molecule has 0 aromatic rings. The lowest BCUT2D eigenvalue weighted by Crippen LogP contribution is -2.37. The van der Waals surface area contributed by atoms with Crippen LogP contribution in [0.25, 0.3) is 0 Å². The van der Waals surface area contributed by atoms with Crippen molar-refractivity contribution in [1.82, 2.24) is 10.6 Å². The molecule has 3 heteroatoms. The van der Waals surface area contributed by atoms with E-state index >= 15 is 0 Å². The molecule has 0 atom stereocenters. The van der Waals surface area contributed by atoms with Crippen molar-refractivity contribution >= 4 is 0 Å². The topological polar surface area (TPSA) is 24.5 Å². The van der Waals surface area contributed by atoms with Crippen LogP contribution in [-0.2, 0) is 4.84 Å². The minimum Gasteiger partial charge on any atom is -0.287 e. The van der Waals surface area contributed by atoms with Gasteiger partial charge in [-0.25, -0.2) is 5.01 Å². The van der Waals surface area contributed by atoms with Crippen LogP contribution in [-0.4, -0.2) is 24.7 Å². The summed E-state index contributed by atoms with van der Waals surface area (Å²) in [5, 5.41) is 1.99. The average Bonchev–Trinajstić information content (AvgIpc) is 1.91. The van der Waals surface area contributed by atoms with Gasteiger partial charge in [0.2, 0.25) is 0 Å². The van der Waals surface area contributed by atoms with Gasteiger partial charge in [0.15, 0.2) is 0 Å². The summed E-state index contributed by atoms with van der Waals surface area (Å²) in [6, 6.07) is 0. The molecule has 0 amide bonds. The monoisotopic (exact) mass is 132 g/mol. The zero-order valence-electron chi connectivity index (χ0n) is 6.48. The maximum absolute atomic E-state index is 4.95. The molecular formula is C6H16N2O. The van der Waals surface area contributed by atoms with Gasteiger partial charge in [-0.3, -0.25) is 4.84 Å². The molecule has 0 unspecified atom stereocenters. The summed E-state index contributed by atoms with van der Waals surface area (Å²) in [6.07, 6.45) is 0. The molecule has 0 aliphatic heterocycles. The number of hydrogen-bond acceptors (Lipinski definition) is 3. The summed E-state index contributed by atoms with van der Waals surface area (Å²) in [5.74, 6) is 0. The van der Waals surface area contributed by atoms with Crippen molar-refractivity contribution in [2.24, 2.45) is 0 Å². The predicted molar refractivity (Wildman–Crippen MR) is 37.7 cm³/mol. The van der Waals surface area contributed by atoms with Crippen molar-refractivity contribution in [2.75, 3.05) is 19.7 Å². The molecule has 0 rings (SSSR count). The molecule has 0 bridgehead atoms. The third-order valence-corrected chi connectivity index (χ3v) is 1.10. The van der Waals surface area contributed by atoms with Crippen LogP contribution in [0.5, 0.6) is 0 Å². The van der Waals surface area contributed by atoms with Crippen molar-refractivity contribution in [3.63, 3.8) is 0 Å². The lowest BCUT2D eigenvalue weighted by Gasteiger charge is -2.17. The first-order chi connectivity index (χ1) is 4.35. The molecule has 0 spiro atoms. The molecule has 1 N–H and O–H groups in total. The van der Waals surface area contributed by atoms with Gasteiger partial charge in [0, 0.05) is 13.1 Å². The van der Waals surface area contributed by atoms with E-state index in [-0.39, 0.29) is 0 Å². The maximum Gasteiger partial charge on any atom is 0.0670 e. The second-order valence-corrected chi connectivity index (χ2v) is 1.70. The van der Waals surface area contributed by atoms with E-state index in [1.165, 1.54) is 0 Å². The largest absolute Gasteiger partial charge is 0.287 e. The Morgan fingerprint density at radius 2 is 1.78 bits per heavy atom. The molecule has 0 aromatic carbocycles. The van der Waals surface area contributed by atoms with E-state index < -0.39 is 0 Å². The van der Waals surface area contributed by atoms with Gasteiger partial charge in [-0.05, 0) is 6.92 Å². The highest BCUT2D eigenvalue weighted by molar-refractivity contribution is 4.34. The fourth-order valence-electron chi connectivity index (χ4n) is 0.509. The minimum absolute atomic E-state index is 0.705. The number of hydrazine groups is 1. The third-order valence-electron chi connectivity index (χ3n) is 1.10. The first-order valence-corrected chi connectivity index (χ1v) is 3.47. The molecular weight excluding hydrogens is 116 g/mol. The quantitative estimate of drug-likeness (QED) is 0.559. The highest BCUT2D eigenvalue weighted by Gasteiger charge is 1.93. The molecule has 9 heavy (non-hydrogen) atoms. The normalized spacial score (nSPS) is 10.7. The van der Waals surface area contributed by atoms with E-state index in [4.69, 9.17) is 4.84 Å². The molecule has 0 aromatic heterocycles. The van der Waals surface area contributed by atoms with Crippen molar-refractivity contribution in [3.8, 4) is 0 Å². The first kappa shape index (κ1) is 8.88. The van der Waals surface area contributed by atoms with Crippen molar-refractivity contribution < 1.29 is 4.84 Å². The average molecular weight is 132 g/mol. The van der Waals surface area contributed by atoms with E-state index in [0.717, 1.165) is 13.1 Å². The predicted octanol–water partition coefficient (Wildman–Crippen LogP) is 0.784. The van der Waals surface area contributed by atoms with E-state index in [9.17, 15) is 0 Å². The van der Waals surface area contributed by atoms with Gasteiger partial charge in [-0.1, -0.05) is 13.8 Å². The number of rotatable bonds is 5. The third kappa shape index (κ3) is 4.39. The molecule has 0 radical (unpaired) electrons. The summed E-state index contributed by atoms with van der Waals surface area (Å²) in [4.78, 5) is 4.95. The van der Waals surface area contributed by atoms with Gasteiger partial charge in [0.1, 0.15) is 0 Å². The molecule has 0 fully saturated rings. The van der Waals surface area contributed by atoms with Gasteiger partial charge in [-0.15, -0.1) is 5.59 Å². The molecule has 0 aliphatic carbocycles. The highest BCUT2D eigenvalue weighted by Crippen LogP contribution is 1.78. The van der Waals surface area contributed by atoms with Gasteiger partial charge < -0.3 is 0 Å². The summed E-state index contributed by atoms with van der Waals surface area (Å²) in [6.45, 7) is 8.75. The van der Waals surface area contributed by atoms with E-state index in [2.05, 4.69) is 19.4 Å². The van der Waals surface area contributed by atoms with Crippen LogP contribution in [0.3, 0.4) is 0 Å². The Labute approximate surface area is 56.9 Å². The fourth-order valence-corrected chi connectivity index (χ4v) is 0.509. The van der Waals surface area contributed by atoms with E-state index in [1.54, 1.807) is 0 Å². The number of nitrogens with one attached hydrogen (secondary N) is 1. The lowest BCUT2D eigenvalue weighted by molar-refractivity contribution is -0.0739. The van der Waals surface area contributed by atoms with Crippen LogP contribution < -0.4 is 5.59 Å². The standard InChI is InChI=1S/C6H16N2O/c1-4-8(5-2)7-9-6-3/h7H,4-6H2,1-3H3. The Kier molecular flexibility index (Phi) is 5.93. The summed E-state index contributed by atoms with van der Waals surface area (Å²) < 4.78 is 0. The SMILES string of the molecule is CCONN(CC)CC. The minimum atomic E-state index is 0.705. The summed E-state index contributed by atoms with van der Waals surface area (Å²) >= 11 is 0. The zero-order chi connectivity index (χ0) is 7.11. The Morgan fingerprint density at radius 1 is 1.22 bits per heavy atom. The van der Waals surface area contributed by atoms with Crippen LogP contribution in [0, 0.1) is 0 Å². The molecule has 0 saturated heterocycles. The summed E-state index contributed by atoms with van der Waals surface area (Å²) in [7, 11) is 0. The van der Waals surface area contributed by atoms with Crippen molar-refractivity contribution in [2.45, 2.75) is 20.8 Å². The molecule has 0 saturated carbocycles. The van der Waals surface area contributed by atoms with Crippen LogP contribution in [0.2, 0.25) is 0 Å². The Bertz CT molecular complexity index is 55.0. The Balaban J connectivity index is 3.09. The fraction of sp³-hybridized carbons (Fsp3) is 1.00. The molecule has 56 valence electrons. The van der Waals surface area contributed by atoms with Gasteiger partial charge in [0.05, 0.1) is 6.61 Å². The molecule has 0 aliphatic rings. The van der Waals surface area contributed by atoms with Crippen LogP contribution in [0.1, 0.15) is 20.8 Å². The van der Waals surface area contributed by atoms with Crippen LogP contribution >= 0.6 is 0 Å². The molecule has 0 heterocycles. The van der Waals surface area contributed by atoms with Crippen molar-refractivity contribution in [3.05, 3.63) is 0 Å². The first-order valence-electron chi connectivity index (χ1n) is 3.47. The van der Waals surface area contributed by atoms with Crippen LogP contribution in [0.15, 0.2) is 0 Å². The second-order valence-electron chi connectivity index (χ2n) is 1.70. The van der Waals surface area contributed by atoms with Gasteiger partial charge in [0.25, 0.3) is 0 Å². The smallest absolute Gasteiger partial charge is 0.0670 e. The number of nitrogens with zero attached hydrogens (tertiary/aromatic N) is 1. The highest BCUT2D eigenvalue weighted by atomic mass is 16.7. The van der Waals surface area contributed by atoms with Gasteiger partial charge >= 0.3 is 0 Å². The van der Waals surface area contributed by atoms with Gasteiger partial charge in [-0.2, -0.15) is 0 Å². The lowest BCUT2D eigenvalue weighted by atomic mass is 10.6. The maximum atomic E-state index is 4.95.